The van der Waals surface area contributed by atoms with Gasteiger partial charge in [0, 0.05) is 6.20 Å². The maximum atomic E-state index is 10.3. The first kappa shape index (κ1) is 15.8. The second-order valence-corrected chi connectivity index (χ2v) is 4.99. The van der Waals surface area contributed by atoms with Crippen LogP contribution in [0.2, 0.25) is 0 Å². The zero-order chi connectivity index (χ0) is 14.8. The van der Waals surface area contributed by atoms with Crippen LogP contribution in [0.1, 0.15) is 11.3 Å². The van der Waals surface area contributed by atoms with Gasteiger partial charge in [0.1, 0.15) is 0 Å². The number of benzene rings is 1. The highest BCUT2D eigenvalue weighted by Crippen LogP contribution is 2.01. The van der Waals surface area contributed by atoms with Crippen molar-refractivity contribution in [1.82, 2.24) is 4.98 Å². The average Bonchev–Trinajstić information content (AvgIpc) is 2.47. The van der Waals surface area contributed by atoms with E-state index >= 15 is 0 Å². The summed E-state index contributed by atoms with van der Waals surface area (Å²) in [6, 6.07) is 14.6. The molecule has 0 aliphatic rings. The van der Waals surface area contributed by atoms with E-state index in [2.05, 4.69) is 11.6 Å². The molecule has 5 heteroatoms. The van der Waals surface area contributed by atoms with Crippen LogP contribution < -0.4 is 0 Å². The number of hydrogen-bond acceptors (Lipinski definition) is 3. The van der Waals surface area contributed by atoms with Crippen LogP contribution in [0, 0.1) is 0 Å². The van der Waals surface area contributed by atoms with Crippen molar-refractivity contribution in [2.45, 2.75) is 0 Å². The first-order valence-corrected chi connectivity index (χ1v) is 7.25. The van der Waals surface area contributed by atoms with Crippen LogP contribution >= 0.6 is 0 Å². The molecular weight excluding hydrogens is 274 g/mol. The number of pyridine rings is 1. The lowest BCUT2D eigenvalue weighted by atomic mass is 10.2. The Balaban J connectivity index is 0.000000217. The Bertz CT molecular complexity index is 650. The molecule has 0 amide bonds. The second-order valence-electron chi connectivity index (χ2n) is 3.69. The fraction of sp³-hybridized carbons (Fsp3) is 0. The summed E-state index contributed by atoms with van der Waals surface area (Å²) in [7, 11) is -4.00. The Morgan fingerprint density at radius 2 is 1.70 bits per heavy atom. The third kappa shape index (κ3) is 7.25. The standard InChI is InChI=1S/C8H8O3S.C7H7N/c9-12(10,11)7-6-8-4-2-1-3-5-8;1-2-7-5-3-4-6-8-7/h1-7H,(H,9,10,11);2-6H,1H2. The smallest absolute Gasteiger partial charge is 0.282 e. The van der Waals surface area contributed by atoms with Gasteiger partial charge >= 0.3 is 0 Å². The van der Waals surface area contributed by atoms with Crippen LogP contribution in [0.4, 0.5) is 0 Å². The zero-order valence-electron chi connectivity index (χ0n) is 10.8. The maximum absolute atomic E-state index is 10.3. The molecule has 1 heterocycles. The van der Waals surface area contributed by atoms with E-state index in [-0.39, 0.29) is 0 Å². The predicted octanol–water partition coefficient (Wildman–Crippen LogP) is 3.27. The molecule has 104 valence electrons. The van der Waals surface area contributed by atoms with Crippen LogP contribution in [0.3, 0.4) is 0 Å². The minimum atomic E-state index is -4.00. The molecular formula is C15H15NO3S. The molecule has 0 fully saturated rings. The molecule has 0 saturated carbocycles. The highest BCUT2D eigenvalue weighted by Gasteiger charge is 1.94. The van der Waals surface area contributed by atoms with Crippen LogP contribution in [-0.2, 0) is 10.1 Å². The van der Waals surface area contributed by atoms with E-state index in [4.69, 9.17) is 4.55 Å². The van der Waals surface area contributed by atoms with Crippen molar-refractivity contribution >= 4 is 22.3 Å². The van der Waals surface area contributed by atoms with Crippen molar-refractivity contribution in [3.63, 3.8) is 0 Å². The lowest BCUT2D eigenvalue weighted by Crippen LogP contribution is -1.88. The Morgan fingerprint density at radius 1 is 1.05 bits per heavy atom. The van der Waals surface area contributed by atoms with Gasteiger partial charge in [-0.25, -0.2) is 0 Å². The molecule has 1 N–H and O–H groups in total. The zero-order valence-corrected chi connectivity index (χ0v) is 11.6. The monoisotopic (exact) mass is 289 g/mol. The summed E-state index contributed by atoms with van der Waals surface area (Å²) in [5.74, 6) is 0. The first-order valence-electron chi connectivity index (χ1n) is 5.75. The Hall–Kier alpha value is -2.24. The highest BCUT2D eigenvalue weighted by molar-refractivity contribution is 7.88. The molecule has 1 aromatic heterocycles. The van der Waals surface area contributed by atoms with Gasteiger partial charge in [-0.15, -0.1) is 0 Å². The maximum Gasteiger partial charge on any atom is 0.287 e. The fourth-order valence-corrected chi connectivity index (χ4v) is 1.55. The molecule has 0 atom stereocenters. The molecule has 20 heavy (non-hydrogen) atoms. The number of nitrogens with zero attached hydrogens (tertiary/aromatic N) is 1. The molecule has 2 rings (SSSR count). The Labute approximate surface area is 118 Å². The van der Waals surface area contributed by atoms with Crippen LogP contribution in [0.15, 0.2) is 66.7 Å². The molecule has 0 bridgehead atoms. The van der Waals surface area contributed by atoms with E-state index in [0.29, 0.717) is 0 Å². The van der Waals surface area contributed by atoms with E-state index in [1.54, 1.807) is 36.5 Å². The van der Waals surface area contributed by atoms with Gasteiger partial charge in [0.15, 0.2) is 0 Å². The van der Waals surface area contributed by atoms with Gasteiger partial charge in [0.2, 0.25) is 0 Å². The molecule has 2 aromatic rings. The number of aromatic nitrogens is 1. The van der Waals surface area contributed by atoms with E-state index in [9.17, 15) is 8.42 Å². The van der Waals surface area contributed by atoms with Gasteiger partial charge in [-0.05, 0) is 29.8 Å². The fourth-order valence-electron chi connectivity index (χ4n) is 1.23. The van der Waals surface area contributed by atoms with E-state index in [1.807, 2.05) is 24.3 Å². The first-order chi connectivity index (χ1) is 9.51. The predicted molar refractivity (Wildman–Crippen MR) is 81.4 cm³/mol. The van der Waals surface area contributed by atoms with Gasteiger partial charge in [-0.1, -0.05) is 43.0 Å². The van der Waals surface area contributed by atoms with Crippen molar-refractivity contribution in [3.05, 3.63) is 78.0 Å². The number of hydrogen-bond donors (Lipinski definition) is 1. The van der Waals surface area contributed by atoms with E-state index < -0.39 is 10.1 Å². The van der Waals surface area contributed by atoms with Crippen molar-refractivity contribution in [1.29, 1.82) is 0 Å². The SMILES string of the molecule is C=Cc1ccccn1.O=S(=O)(O)C=Cc1ccccc1. The lowest BCUT2D eigenvalue weighted by Gasteiger charge is -1.89. The highest BCUT2D eigenvalue weighted by atomic mass is 32.2. The second kappa shape index (κ2) is 8.04. The third-order valence-corrected chi connectivity index (χ3v) is 2.61. The molecule has 1 aromatic carbocycles. The third-order valence-electron chi connectivity index (χ3n) is 2.13. The number of rotatable bonds is 3. The van der Waals surface area contributed by atoms with Crippen molar-refractivity contribution in [3.8, 4) is 0 Å². The summed E-state index contributed by atoms with van der Waals surface area (Å²) in [5, 5.41) is 0.752. The normalized spacial score (nSPS) is 10.7. The Morgan fingerprint density at radius 3 is 2.15 bits per heavy atom. The summed E-state index contributed by atoms with van der Waals surface area (Å²) < 4.78 is 28.9. The van der Waals surface area contributed by atoms with Gasteiger partial charge in [-0.2, -0.15) is 8.42 Å². The van der Waals surface area contributed by atoms with Gasteiger partial charge in [0.05, 0.1) is 11.1 Å². The summed E-state index contributed by atoms with van der Waals surface area (Å²) >= 11 is 0. The largest absolute Gasteiger partial charge is 0.287 e. The topological polar surface area (TPSA) is 67.3 Å². The van der Waals surface area contributed by atoms with Gasteiger partial charge in [0.25, 0.3) is 10.1 Å². The van der Waals surface area contributed by atoms with Crippen molar-refractivity contribution < 1.29 is 13.0 Å². The molecule has 0 spiro atoms. The molecule has 4 nitrogen and oxygen atoms in total. The molecule has 0 unspecified atom stereocenters. The van der Waals surface area contributed by atoms with Gasteiger partial charge in [-0.3, -0.25) is 9.54 Å². The van der Waals surface area contributed by atoms with Crippen LogP contribution in [-0.4, -0.2) is 18.0 Å². The minimum absolute atomic E-state index is 0.732. The molecule has 0 radical (unpaired) electrons. The van der Waals surface area contributed by atoms with Crippen molar-refractivity contribution in [2.24, 2.45) is 0 Å². The lowest BCUT2D eigenvalue weighted by molar-refractivity contribution is 0.494. The quantitative estimate of drug-likeness (QED) is 0.881. The summed E-state index contributed by atoms with van der Waals surface area (Å²) in [4.78, 5) is 3.98. The Kier molecular flexibility index (Phi) is 6.36. The summed E-state index contributed by atoms with van der Waals surface area (Å²) in [5.41, 5.74) is 1.66. The van der Waals surface area contributed by atoms with Gasteiger partial charge < -0.3 is 0 Å². The summed E-state index contributed by atoms with van der Waals surface area (Å²) in [6.07, 6.45) is 4.80. The molecule has 0 aliphatic carbocycles. The van der Waals surface area contributed by atoms with Crippen LogP contribution in [0.5, 0.6) is 0 Å². The average molecular weight is 289 g/mol. The summed E-state index contributed by atoms with van der Waals surface area (Å²) in [6.45, 7) is 3.57. The van der Waals surface area contributed by atoms with E-state index in [0.717, 1.165) is 16.7 Å². The minimum Gasteiger partial charge on any atom is -0.282 e. The van der Waals surface area contributed by atoms with E-state index in [1.165, 1.54) is 6.08 Å². The van der Waals surface area contributed by atoms with Crippen molar-refractivity contribution in [2.75, 3.05) is 0 Å². The van der Waals surface area contributed by atoms with Crippen LogP contribution in [0.25, 0.3) is 12.2 Å². The molecule has 0 aliphatic heterocycles. The molecule has 0 saturated heterocycles.